The van der Waals surface area contributed by atoms with Crippen LogP contribution in [0.5, 0.6) is 0 Å². The van der Waals surface area contributed by atoms with Gasteiger partial charge in [-0.2, -0.15) is 4.98 Å². The molecule has 1 aliphatic rings. The van der Waals surface area contributed by atoms with Gasteiger partial charge in [0.2, 0.25) is 5.95 Å². The minimum Gasteiger partial charge on any atom is -0.384 e. The van der Waals surface area contributed by atoms with E-state index in [9.17, 15) is 9.90 Å². The Kier molecular flexibility index (Phi) is 6.88. The largest absolute Gasteiger partial charge is 0.384 e. The van der Waals surface area contributed by atoms with Gasteiger partial charge < -0.3 is 15.2 Å². The number of hydrogen-bond donors (Lipinski definition) is 2. The van der Waals surface area contributed by atoms with Crippen molar-refractivity contribution in [3.8, 4) is 5.82 Å². The van der Waals surface area contributed by atoms with Gasteiger partial charge >= 0.3 is 0 Å². The van der Waals surface area contributed by atoms with Crippen LogP contribution in [0.25, 0.3) is 23.1 Å². The fraction of sp³-hybridized carbons (Fsp3) is 0.333. The van der Waals surface area contributed by atoms with Gasteiger partial charge in [-0.25, -0.2) is 19.3 Å². The maximum Gasteiger partial charge on any atom is 0.282 e. The van der Waals surface area contributed by atoms with Gasteiger partial charge in [-0.1, -0.05) is 24.3 Å². The Morgan fingerprint density at radius 3 is 2.57 bits per heavy atom. The number of hydrogen-bond acceptors (Lipinski definition) is 8. The number of anilines is 2. The van der Waals surface area contributed by atoms with Gasteiger partial charge in [-0.15, -0.1) is 0 Å². The molecule has 0 unspecified atom stereocenters. The summed E-state index contributed by atoms with van der Waals surface area (Å²) in [6.07, 6.45) is 4.94. The van der Waals surface area contributed by atoms with Gasteiger partial charge in [0.05, 0.1) is 18.9 Å². The van der Waals surface area contributed by atoms with Gasteiger partial charge in [0.15, 0.2) is 11.5 Å². The highest BCUT2D eigenvalue weighted by molar-refractivity contribution is 5.77. The van der Waals surface area contributed by atoms with Crippen molar-refractivity contribution in [1.82, 2.24) is 29.2 Å². The number of allylic oxidation sites excluding steroid dienone is 1. The number of ether oxygens (including phenoxy) is 1. The number of nitrogens with zero attached hydrogens (tertiary/aromatic N) is 6. The summed E-state index contributed by atoms with van der Waals surface area (Å²) in [5, 5.41) is 14.1. The van der Waals surface area contributed by atoms with Crippen LogP contribution in [-0.4, -0.2) is 60.6 Å². The topological polar surface area (TPSA) is 110 Å². The zero-order chi connectivity index (χ0) is 26.0. The molecule has 1 aromatic carbocycles. The number of fused-ring (bicyclic) bond motifs is 1. The Labute approximate surface area is 214 Å². The molecule has 0 aliphatic carbocycles. The molecule has 0 bridgehead atoms. The van der Waals surface area contributed by atoms with Gasteiger partial charge in [0.1, 0.15) is 11.0 Å². The Hall–Kier alpha value is -3.86. The van der Waals surface area contributed by atoms with E-state index in [2.05, 4.69) is 37.3 Å². The van der Waals surface area contributed by atoms with E-state index < -0.39 is 5.60 Å². The number of morpholine rings is 1. The van der Waals surface area contributed by atoms with Crippen molar-refractivity contribution in [2.45, 2.75) is 32.9 Å². The first-order chi connectivity index (χ1) is 17.8. The molecule has 10 nitrogen and oxygen atoms in total. The van der Waals surface area contributed by atoms with Crippen LogP contribution in [-0.2, 0) is 16.9 Å². The molecule has 10 heteroatoms. The van der Waals surface area contributed by atoms with Gasteiger partial charge in [0, 0.05) is 37.7 Å². The maximum absolute atomic E-state index is 13.2. The summed E-state index contributed by atoms with van der Waals surface area (Å²) in [5.74, 6) is 0.820. The monoisotopic (exact) mass is 501 g/mol. The molecule has 4 aromatic rings. The Morgan fingerprint density at radius 2 is 1.86 bits per heavy atom. The molecule has 0 radical (unpaired) electrons. The summed E-state index contributed by atoms with van der Waals surface area (Å²) >= 11 is 0. The molecule has 1 fully saturated rings. The minimum absolute atomic E-state index is 0.262. The van der Waals surface area contributed by atoms with E-state index in [4.69, 9.17) is 4.74 Å². The summed E-state index contributed by atoms with van der Waals surface area (Å²) in [5.41, 5.74) is 1.55. The second-order valence-corrected chi connectivity index (χ2v) is 9.53. The number of aromatic nitrogens is 5. The quantitative estimate of drug-likeness (QED) is 0.397. The molecule has 2 N–H and O–H groups in total. The van der Waals surface area contributed by atoms with Crippen LogP contribution in [0.2, 0.25) is 0 Å². The Balaban J connectivity index is 1.48. The molecule has 192 valence electrons. The Morgan fingerprint density at radius 1 is 1.11 bits per heavy atom. The Bertz CT molecular complexity index is 1480. The van der Waals surface area contributed by atoms with Crippen LogP contribution >= 0.6 is 0 Å². The highest BCUT2D eigenvalue weighted by Gasteiger charge is 2.21. The molecular formula is C27H31N7O3. The lowest BCUT2D eigenvalue weighted by Crippen LogP contribution is -2.35. The number of nitrogens with one attached hydrogen (secondary N) is 1. The third-order valence-electron chi connectivity index (χ3n) is 6.21. The van der Waals surface area contributed by atoms with Gasteiger partial charge in [-0.05, 0) is 50.6 Å². The summed E-state index contributed by atoms with van der Waals surface area (Å²) in [7, 11) is 0. The van der Waals surface area contributed by atoms with Crippen LogP contribution in [0, 0.1) is 0 Å². The van der Waals surface area contributed by atoms with E-state index in [-0.39, 0.29) is 5.56 Å². The van der Waals surface area contributed by atoms with Crippen molar-refractivity contribution in [3.63, 3.8) is 0 Å². The predicted molar refractivity (Wildman–Crippen MR) is 143 cm³/mol. The van der Waals surface area contributed by atoms with Crippen LogP contribution in [0.1, 0.15) is 32.0 Å². The molecule has 0 amide bonds. The third-order valence-corrected chi connectivity index (χ3v) is 6.21. The summed E-state index contributed by atoms with van der Waals surface area (Å²) in [6, 6.07) is 13.5. The van der Waals surface area contributed by atoms with Gasteiger partial charge in [-0.3, -0.25) is 9.69 Å². The lowest BCUT2D eigenvalue weighted by atomic mass is 10.1. The zero-order valence-electron chi connectivity index (χ0n) is 21.3. The highest BCUT2D eigenvalue weighted by Crippen LogP contribution is 2.22. The van der Waals surface area contributed by atoms with Crippen molar-refractivity contribution in [2.75, 3.05) is 31.6 Å². The predicted octanol–water partition coefficient (Wildman–Crippen LogP) is 3.27. The highest BCUT2D eigenvalue weighted by atomic mass is 16.5. The molecule has 1 aliphatic heterocycles. The summed E-state index contributed by atoms with van der Waals surface area (Å²) in [6.45, 7) is 9.48. The summed E-state index contributed by atoms with van der Waals surface area (Å²) < 4.78 is 8.50. The number of aliphatic hydroxyl groups is 1. The number of rotatable bonds is 7. The number of benzene rings is 1. The zero-order valence-corrected chi connectivity index (χ0v) is 21.3. The fourth-order valence-corrected chi connectivity index (χ4v) is 4.28. The van der Waals surface area contributed by atoms with Gasteiger partial charge in [0.25, 0.3) is 5.56 Å². The van der Waals surface area contributed by atoms with E-state index in [1.807, 2.05) is 19.1 Å². The SMILES string of the molecule is C/C=C/n1c(=O)c2cnc(Nc3ccc(CN4CCOCC4)cc3)nc2n1-c1cccc(C(C)(C)O)n1. The van der Waals surface area contributed by atoms with E-state index in [1.165, 1.54) is 16.4 Å². The van der Waals surface area contributed by atoms with Crippen molar-refractivity contribution < 1.29 is 9.84 Å². The first-order valence-electron chi connectivity index (χ1n) is 12.3. The molecule has 3 aromatic heterocycles. The van der Waals surface area contributed by atoms with Crippen molar-refractivity contribution >= 4 is 28.9 Å². The van der Waals surface area contributed by atoms with E-state index in [0.717, 1.165) is 38.5 Å². The lowest BCUT2D eigenvalue weighted by molar-refractivity contribution is 0.0342. The van der Waals surface area contributed by atoms with Crippen molar-refractivity contribution in [3.05, 3.63) is 76.3 Å². The third kappa shape index (κ3) is 5.31. The first-order valence-corrected chi connectivity index (χ1v) is 12.3. The van der Waals surface area contributed by atoms with Crippen molar-refractivity contribution in [1.29, 1.82) is 0 Å². The maximum atomic E-state index is 13.2. The normalized spacial score (nSPS) is 15.0. The second-order valence-electron chi connectivity index (χ2n) is 9.53. The number of pyridine rings is 1. The van der Waals surface area contributed by atoms with E-state index >= 15 is 0 Å². The lowest BCUT2D eigenvalue weighted by Gasteiger charge is -2.26. The molecule has 0 atom stereocenters. The van der Waals surface area contributed by atoms with Crippen LogP contribution in [0.15, 0.2) is 59.5 Å². The molecule has 37 heavy (non-hydrogen) atoms. The van der Waals surface area contributed by atoms with Crippen LogP contribution in [0.3, 0.4) is 0 Å². The summed E-state index contributed by atoms with van der Waals surface area (Å²) in [4.78, 5) is 29.2. The fourth-order valence-electron chi connectivity index (χ4n) is 4.28. The molecule has 1 saturated heterocycles. The second kappa shape index (κ2) is 10.3. The molecule has 0 spiro atoms. The average molecular weight is 502 g/mol. The molecular weight excluding hydrogens is 470 g/mol. The van der Waals surface area contributed by atoms with E-state index in [1.54, 1.807) is 49.0 Å². The molecule has 5 rings (SSSR count). The molecule has 4 heterocycles. The average Bonchev–Trinajstić information content (AvgIpc) is 3.16. The smallest absolute Gasteiger partial charge is 0.282 e. The standard InChI is InChI=1S/C27H31N7O3/c1-4-12-33-25(35)21-17-28-26(29-20-10-8-19(9-11-20)18-32-13-15-37-16-14-32)31-24(21)34(33)23-7-5-6-22(30-23)27(2,3)36/h4-12,17,36H,13-16,18H2,1-3H3,(H,28,29,31)/b12-4+. The van der Waals surface area contributed by atoms with E-state index in [0.29, 0.717) is 28.5 Å². The van der Waals surface area contributed by atoms with Crippen molar-refractivity contribution in [2.24, 2.45) is 0 Å². The minimum atomic E-state index is -1.14. The van der Waals surface area contributed by atoms with Crippen LogP contribution in [0.4, 0.5) is 11.6 Å². The first kappa shape index (κ1) is 24.8. The molecule has 0 saturated carbocycles. The van der Waals surface area contributed by atoms with Crippen LogP contribution < -0.4 is 10.9 Å².